The molecule has 5 heteroatoms. The van der Waals surface area contributed by atoms with E-state index in [1.54, 1.807) is 14.2 Å². The van der Waals surface area contributed by atoms with E-state index >= 15 is 0 Å². The molecule has 0 radical (unpaired) electrons. The second-order valence-electron chi connectivity index (χ2n) is 6.70. The number of hydrogen-bond donors (Lipinski definition) is 0. The fraction of sp³-hybridized carbons (Fsp3) is 0.381. The van der Waals surface area contributed by atoms with Gasteiger partial charge in [-0.3, -0.25) is 9.69 Å². The lowest BCUT2D eigenvalue weighted by Gasteiger charge is -2.30. The molecule has 1 amide bonds. The van der Waals surface area contributed by atoms with Crippen molar-refractivity contribution in [2.45, 2.75) is 19.5 Å². The third-order valence-electron chi connectivity index (χ3n) is 4.79. The number of ether oxygens (including phenoxy) is 2. The van der Waals surface area contributed by atoms with E-state index in [0.717, 1.165) is 18.5 Å². The van der Waals surface area contributed by atoms with Crippen molar-refractivity contribution in [1.82, 2.24) is 9.80 Å². The fourth-order valence-corrected chi connectivity index (χ4v) is 3.39. The maximum absolute atomic E-state index is 12.7. The number of rotatable bonds is 6. The molecule has 0 saturated carbocycles. The van der Waals surface area contributed by atoms with Gasteiger partial charge in [-0.15, -0.1) is 0 Å². The molecule has 3 rings (SSSR count). The Morgan fingerprint density at radius 2 is 1.81 bits per heavy atom. The zero-order valence-electron chi connectivity index (χ0n) is 15.7. The van der Waals surface area contributed by atoms with Gasteiger partial charge in [0.05, 0.1) is 20.8 Å². The van der Waals surface area contributed by atoms with Crippen LogP contribution in [0.5, 0.6) is 11.5 Å². The van der Waals surface area contributed by atoms with Gasteiger partial charge in [-0.25, -0.2) is 0 Å². The average molecular weight is 354 g/mol. The molecule has 0 bridgehead atoms. The summed E-state index contributed by atoms with van der Waals surface area (Å²) < 4.78 is 10.6. The predicted octanol–water partition coefficient (Wildman–Crippen LogP) is 2.72. The second-order valence-corrected chi connectivity index (χ2v) is 6.70. The molecule has 0 unspecified atom stereocenters. The van der Waals surface area contributed by atoms with Crippen LogP contribution in [0.15, 0.2) is 42.5 Å². The summed E-state index contributed by atoms with van der Waals surface area (Å²) in [7, 11) is 5.22. The Kier molecular flexibility index (Phi) is 5.78. The van der Waals surface area contributed by atoms with Crippen LogP contribution in [0.3, 0.4) is 0 Å². The number of fused-ring (bicyclic) bond motifs is 1. The van der Waals surface area contributed by atoms with E-state index in [-0.39, 0.29) is 5.91 Å². The van der Waals surface area contributed by atoms with Crippen LogP contribution < -0.4 is 9.47 Å². The highest BCUT2D eigenvalue weighted by atomic mass is 16.5. The largest absolute Gasteiger partial charge is 0.493 e. The molecule has 0 aliphatic carbocycles. The Labute approximate surface area is 155 Å². The van der Waals surface area contributed by atoms with Crippen LogP contribution in [-0.4, -0.2) is 50.1 Å². The molecule has 26 heavy (non-hydrogen) atoms. The minimum absolute atomic E-state index is 0.169. The topological polar surface area (TPSA) is 42.0 Å². The first-order chi connectivity index (χ1) is 12.6. The second kappa shape index (κ2) is 8.23. The van der Waals surface area contributed by atoms with Gasteiger partial charge in [0.25, 0.3) is 0 Å². The van der Waals surface area contributed by atoms with Crippen LogP contribution in [0.2, 0.25) is 0 Å². The Balaban J connectivity index is 1.58. The molecule has 0 spiro atoms. The number of carbonyl (C=O) groups is 1. The van der Waals surface area contributed by atoms with E-state index in [2.05, 4.69) is 18.2 Å². The van der Waals surface area contributed by atoms with Gasteiger partial charge in [0, 0.05) is 19.6 Å². The zero-order chi connectivity index (χ0) is 18.5. The first kappa shape index (κ1) is 18.3. The normalized spacial score (nSPS) is 13.5. The van der Waals surface area contributed by atoms with Crippen LogP contribution in [0.25, 0.3) is 0 Å². The number of benzene rings is 2. The molecule has 1 heterocycles. The van der Waals surface area contributed by atoms with Crippen molar-refractivity contribution in [2.24, 2.45) is 0 Å². The molecule has 0 fully saturated rings. The summed E-state index contributed by atoms with van der Waals surface area (Å²) in [4.78, 5) is 16.7. The Morgan fingerprint density at radius 1 is 1.08 bits per heavy atom. The van der Waals surface area contributed by atoms with Crippen molar-refractivity contribution in [2.75, 3.05) is 34.4 Å². The molecule has 0 atom stereocenters. The van der Waals surface area contributed by atoms with E-state index < -0.39 is 0 Å². The Hall–Kier alpha value is -2.53. The van der Waals surface area contributed by atoms with Crippen LogP contribution in [-0.2, 0) is 24.3 Å². The van der Waals surface area contributed by atoms with Crippen molar-refractivity contribution in [3.05, 3.63) is 59.2 Å². The summed E-state index contributed by atoms with van der Waals surface area (Å²) in [5.41, 5.74) is 3.70. The molecule has 0 saturated heterocycles. The third kappa shape index (κ3) is 4.17. The molecule has 1 aliphatic rings. The average Bonchev–Trinajstić information content (AvgIpc) is 2.67. The molecule has 0 N–H and O–H groups in total. The van der Waals surface area contributed by atoms with E-state index in [1.807, 2.05) is 41.1 Å². The van der Waals surface area contributed by atoms with Gasteiger partial charge in [-0.2, -0.15) is 0 Å². The zero-order valence-corrected chi connectivity index (χ0v) is 15.7. The van der Waals surface area contributed by atoms with Crippen molar-refractivity contribution >= 4 is 5.91 Å². The Bertz CT molecular complexity index is 776. The number of carbonyl (C=O) groups excluding carboxylic acids is 1. The molecular weight excluding hydrogens is 328 g/mol. The van der Waals surface area contributed by atoms with Gasteiger partial charge >= 0.3 is 0 Å². The Morgan fingerprint density at radius 3 is 2.54 bits per heavy atom. The third-order valence-corrected chi connectivity index (χ3v) is 4.79. The van der Waals surface area contributed by atoms with Crippen LogP contribution in [0.1, 0.15) is 16.7 Å². The van der Waals surface area contributed by atoms with Crippen LogP contribution >= 0.6 is 0 Å². The van der Waals surface area contributed by atoms with Gasteiger partial charge < -0.3 is 14.4 Å². The van der Waals surface area contributed by atoms with Crippen molar-refractivity contribution in [3.63, 3.8) is 0 Å². The molecule has 2 aromatic carbocycles. The lowest BCUT2D eigenvalue weighted by molar-refractivity contribution is -0.133. The predicted molar refractivity (Wildman–Crippen MR) is 101 cm³/mol. The van der Waals surface area contributed by atoms with Gasteiger partial charge in [0.2, 0.25) is 5.91 Å². The summed E-state index contributed by atoms with van der Waals surface area (Å²) in [6.07, 6.45) is 0.932. The van der Waals surface area contributed by atoms with Gasteiger partial charge in [0.15, 0.2) is 11.5 Å². The van der Waals surface area contributed by atoms with Crippen LogP contribution in [0, 0.1) is 0 Å². The van der Waals surface area contributed by atoms with E-state index in [9.17, 15) is 4.79 Å². The van der Waals surface area contributed by atoms with Gasteiger partial charge in [0.1, 0.15) is 0 Å². The molecule has 2 aromatic rings. The van der Waals surface area contributed by atoms with Crippen molar-refractivity contribution in [3.8, 4) is 11.5 Å². The highest BCUT2D eigenvalue weighted by Gasteiger charge is 2.21. The van der Waals surface area contributed by atoms with E-state index in [1.165, 1.54) is 11.1 Å². The summed E-state index contributed by atoms with van der Waals surface area (Å²) in [5, 5.41) is 0. The van der Waals surface area contributed by atoms with Crippen molar-refractivity contribution < 1.29 is 14.3 Å². The lowest BCUT2D eigenvalue weighted by atomic mass is 10.00. The van der Waals surface area contributed by atoms with Crippen LogP contribution in [0.4, 0.5) is 0 Å². The molecule has 1 aliphatic heterocycles. The molecule has 5 nitrogen and oxygen atoms in total. The number of likely N-dealkylation sites (N-methyl/N-ethyl adjacent to an activating group) is 1. The summed E-state index contributed by atoms with van der Waals surface area (Å²) >= 11 is 0. The first-order valence-corrected chi connectivity index (χ1v) is 8.84. The first-order valence-electron chi connectivity index (χ1n) is 8.84. The number of amides is 1. The van der Waals surface area contributed by atoms with Gasteiger partial charge in [-0.1, -0.05) is 30.3 Å². The minimum atomic E-state index is 0.169. The van der Waals surface area contributed by atoms with Gasteiger partial charge in [-0.05, 0) is 42.3 Å². The molecule has 0 aromatic heterocycles. The molecular formula is C21H26N2O3. The quantitative estimate of drug-likeness (QED) is 0.800. The SMILES string of the molecule is COc1ccc(CN(C)CC(=O)N2CCc3ccccc3C2)cc1OC. The molecule has 138 valence electrons. The number of methoxy groups -OCH3 is 2. The van der Waals surface area contributed by atoms with Crippen molar-refractivity contribution in [1.29, 1.82) is 0 Å². The minimum Gasteiger partial charge on any atom is -0.493 e. The summed E-state index contributed by atoms with van der Waals surface area (Å²) in [6, 6.07) is 14.2. The number of nitrogens with zero attached hydrogens (tertiary/aromatic N) is 2. The highest BCUT2D eigenvalue weighted by Crippen LogP contribution is 2.28. The van der Waals surface area contributed by atoms with E-state index in [4.69, 9.17) is 9.47 Å². The summed E-state index contributed by atoms with van der Waals surface area (Å²) in [6.45, 7) is 2.58. The monoisotopic (exact) mass is 354 g/mol. The maximum atomic E-state index is 12.7. The van der Waals surface area contributed by atoms with E-state index in [0.29, 0.717) is 31.1 Å². The smallest absolute Gasteiger partial charge is 0.237 e. The fourth-order valence-electron chi connectivity index (χ4n) is 3.39. The number of hydrogen-bond acceptors (Lipinski definition) is 4. The standard InChI is InChI=1S/C21H26N2O3/c1-22(13-16-8-9-19(25-2)20(12-16)26-3)15-21(24)23-11-10-17-6-4-5-7-18(17)14-23/h4-9,12H,10-11,13-15H2,1-3H3. The summed E-state index contributed by atoms with van der Waals surface area (Å²) in [5.74, 6) is 1.59. The highest BCUT2D eigenvalue weighted by molar-refractivity contribution is 5.78. The lowest BCUT2D eigenvalue weighted by Crippen LogP contribution is -2.41. The maximum Gasteiger partial charge on any atom is 0.237 e.